The van der Waals surface area contributed by atoms with E-state index in [-0.39, 0.29) is 41.5 Å². The van der Waals surface area contributed by atoms with Gasteiger partial charge < -0.3 is 29.0 Å². The predicted octanol–water partition coefficient (Wildman–Crippen LogP) is 2.59. The molecule has 0 aromatic heterocycles. The molecule has 0 radical (unpaired) electrons. The van der Waals surface area contributed by atoms with Crippen LogP contribution in [0.2, 0.25) is 0 Å². The molecule has 34 heavy (non-hydrogen) atoms. The van der Waals surface area contributed by atoms with E-state index >= 15 is 0 Å². The Hall–Kier alpha value is -1.19. The smallest absolute Gasteiger partial charge is 0.410 e. The third-order valence-electron chi connectivity index (χ3n) is 8.69. The summed E-state index contributed by atoms with van der Waals surface area (Å²) in [6.07, 6.45) is 5.17. The number of likely N-dealkylation sites (tertiary alicyclic amines) is 2. The molecule has 6 atom stereocenters. The second kappa shape index (κ2) is 8.73. The maximum absolute atomic E-state index is 12.9. The van der Waals surface area contributed by atoms with Crippen LogP contribution in [0.15, 0.2) is 11.6 Å². The van der Waals surface area contributed by atoms with Crippen LogP contribution in [0.5, 0.6) is 0 Å². The minimum atomic E-state index is -0.524. The molecule has 192 valence electrons. The van der Waals surface area contributed by atoms with E-state index in [2.05, 4.69) is 31.7 Å². The number of hydrogen-bond acceptors (Lipinski definition) is 7. The zero-order valence-corrected chi connectivity index (χ0v) is 21.4. The van der Waals surface area contributed by atoms with Crippen molar-refractivity contribution in [3.8, 4) is 0 Å². The molecular weight excluding hydrogens is 436 g/mol. The number of epoxide rings is 2. The Morgan fingerprint density at radius 1 is 1.24 bits per heavy atom. The predicted molar refractivity (Wildman–Crippen MR) is 127 cm³/mol. The number of hydrogen-bond donors (Lipinski definition) is 1. The van der Waals surface area contributed by atoms with Crippen molar-refractivity contribution >= 4 is 6.09 Å². The molecule has 5 rings (SSSR count). The molecule has 1 amide bonds. The summed E-state index contributed by atoms with van der Waals surface area (Å²) in [6, 6.07) is 0. The van der Waals surface area contributed by atoms with Crippen LogP contribution in [0.1, 0.15) is 53.4 Å². The van der Waals surface area contributed by atoms with Crippen molar-refractivity contribution in [2.45, 2.75) is 88.5 Å². The van der Waals surface area contributed by atoms with Crippen molar-refractivity contribution < 1.29 is 28.8 Å². The topological polar surface area (TPSA) is 87.3 Å². The monoisotopic (exact) mass is 478 g/mol. The summed E-state index contributed by atoms with van der Waals surface area (Å²) in [7, 11) is 1.71. The summed E-state index contributed by atoms with van der Waals surface area (Å²) in [5.74, 6) is 0.554. The highest BCUT2D eigenvalue weighted by Gasteiger charge is 2.72. The molecular formula is C26H42N2O6. The van der Waals surface area contributed by atoms with Gasteiger partial charge in [-0.1, -0.05) is 11.6 Å². The van der Waals surface area contributed by atoms with Crippen LogP contribution in [0.25, 0.3) is 0 Å². The zero-order valence-electron chi connectivity index (χ0n) is 21.4. The van der Waals surface area contributed by atoms with Gasteiger partial charge in [0.1, 0.15) is 23.4 Å². The van der Waals surface area contributed by atoms with Crippen molar-refractivity contribution in [2.75, 3.05) is 46.4 Å². The lowest BCUT2D eigenvalue weighted by atomic mass is 9.68. The number of rotatable bonds is 8. The second-order valence-corrected chi connectivity index (χ2v) is 12.1. The summed E-state index contributed by atoms with van der Waals surface area (Å²) < 4.78 is 24.3. The Kier molecular flexibility index (Phi) is 6.29. The van der Waals surface area contributed by atoms with Gasteiger partial charge in [0.25, 0.3) is 0 Å². The number of amides is 1. The number of carbonyl (C=O) groups excluding carboxylic acids is 1. The van der Waals surface area contributed by atoms with Gasteiger partial charge in [0.05, 0.1) is 24.2 Å². The fourth-order valence-corrected chi connectivity index (χ4v) is 6.62. The highest BCUT2D eigenvalue weighted by molar-refractivity contribution is 5.69. The highest BCUT2D eigenvalue weighted by atomic mass is 16.6. The third kappa shape index (κ3) is 4.64. The van der Waals surface area contributed by atoms with Crippen LogP contribution < -0.4 is 0 Å². The highest BCUT2D eigenvalue weighted by Crippen LogP contribution is 2.59. The first-order valence-electron chi connectivity index (χ1n) is 12.9. The van der Waals surface area contributed by atoms with E-state index in [1.807, 2.05) is 11.8 Å². The second-order valence-electron chi connectivity index (χ2n) is 12.1. The number of ether oxygens (including phenoxy) is 4. The lowest BCUT2D eigenvalue weighted by Crippen LogP contribution is -2.61. The fraction of sp³-hybridized carbons (Fsp3) is 0.885. The molecule has 1 saturated carbocycles. The van der Waals surface area contributed by atoms with Crippen LogP contribution in [0.4, 0.5) is 4.79 Å². The Bertz CT molecular complexity index is 808. The SMILES string of the molecule is COC1C(OC(=O)N2CC(CCN3CC(C)(O)C3)C2)CCC2(CO2)C1[C@@]1(C)O[C@@H]1CC=C(C)C. The van der Waals surface area contributed by atoms with Crippen LogP contribution in [-0.4, -0.2) is 103 Å². The first kappa shape index (κ1) is 24.5. The van der Waals surface area contributed by atoms with Gasteiger partial charge in [-0.05, 0) is 65.8 Å². The van der Waals surface area contributed by atoms with Gasteiger partial charge >= 0.3 is 6.09 Å². The Morgan fingerprint density at radius 3 is 2.53 bits per heavy atom. The van der Waals surface area contributed by atoms with Gasteiger partial charge in [-0.3, -0.25) is 4.90 Å². The van der Waals surface area contributed by atoms with Crippen molar-refractivity contribution in [2.24, 2.45) is 11.8 Å². The van der Waals surface area contributed by atoms with E-state index in [4.69, 9.17) is 18.9 Å². The van der Waals surface area contributed by atoms with Gasteiger partial charge in [-0.25, -0.2) is 4.79 Å². The van der Waals surface area contributed by atoms with Gasteiger partial charge in [-0.2, -0.15) is 0 Å². The van der Waals surface area contributed by atoms with E-state index in [0.717, 1.165) is 65.0 Å². The molecule has 8 heteroatoms. The molecule has 0 aromatic rings. The molecule has 4 saturated heterocycles. The van der Waals surface area contributed by atoms with Gasteiger partial charge in [-0.15, -0.1) is 0 Å². The molecule has 0 bridgehead atoms. The normalized spacial score (nSPS) is 40.9. The summed E-state index contributed by atoms with van der Waals surface area (Å²) >= 11 is 0. The summed E-state index contributed by atoms with van der Waals surface area (Å²) in [5.41, 5.74) is 0.237. The Balaban J connectivity index is 1.13. The molecule has 1 aliphatic carbocycles. The van der Waals surface area contributed by atoms with Crippen molar-refractivity contribution in [3.05, 3.63) is 11.6 Å². The van der Waals surface area contributed by atoms with E-state index < -0.39 is 5.60 Å². The minimum Gasteiger partial charge on any atom is -0.443 e. The van der Waals surface area contributed by atoms with Crippen LogP contribution in [-0.2, 0) is 18.9 Å². The number of methoxy groups -OCH3 is 1. The Labute approximate surface area is 203 Å². The van der Waals surface area contributed by atoms with E-state index in [1.54, 1.807) is 7.11 Å². The number of carbonyl (C=O) groups is 1. The fourth-order valence-electron chi connectivity index (χ4n) is 6.62. The van der Waals surface area contributed by atoms with E-state index in [9.17, 15) is 9.90 Å². The van der Waals surface area contributed by atoms with E-state index in [1.165, 1.54) is 5.57 Å². The molecule has 4 heterocycles. The van der Waals surface area contributed by atoms with Crippen molar-refractivity contribution in [3.63, 3.8) is 0 Å². The molecule has 8 nitrogen and oxygen atoms in total. The quantitative estimate of drug-likeness (QED) is 0.424. The zero-order chi connectivity index (χ0) is 24.3. The molecule has 0 aromatic carbocycles. The molecule has 4 unspecified atom stereocenters. The maximum atomic E-state index is 12.9. The first-order chi connectivity index (χ1) is 16.1. The number of allylic oxidation sites excluding steroid dienone is 1. The standard InChI is InChI=1S/C26H42N2O6/c1-17(2)6-7-20-25(4,34-20)22-21(31-5)19(8-10-26(22)16-32-26)33-23(29)28-12-18(13-28)9-11-27-14-24(3,30)15-27/h6,18-22,30H,7-16H2,1-5H3/t19?,20-,21?,22?,25+,26?/m1/s1. The Morgan fingerprint density at radius 2 is 1.94 bits per heavy atom. The van der Waals surface area contributed by atoms with Crippen LogP contribution in [0.3, 0.4) is 0 Å². The number of β-amino-alcohol motifs (C(OH)–C–C–N with tert-alkyl or cyclic N) is 1. The van der Waals surface area contributed by atoms with Gasteiger partial charge in [0, 0.05) is 33.3 Å². The largest absolute Gasteiger partial charge is 0.443 e. The van der Waals surface area contributed by atoms with Crippen molar-refractivity contribution in [1.82, 2.24) is 9.80 Å². The maximum Gasteiger partial charge on any atom is 0.410 e. The molecule has 4 aliphatic heterocycles. The van der Waals surface area contributed by atoms with Gasteiger partial charge in [0.15, 0.2) is 0 Å². The lowest BCUT2D eigenvalue weighted by molar-refractivity contribution is -0.125. The lowest BCUT2D eigenvalue weighted by Gasteiger charge is -2.46. The minimum absolute atomic E-state index is 0.0463. The molecule has 1 spiro atoms. The average Bonchev–Trinajstić information content (AvgIpc) is 3.62. The third-order valence-corrected chi connectivity index (χ3v) is 8.69. The average molecular weight is 479 g/mol. The summed E-state index contributed by atoms with van der Waals surface area (Å²) in [6.45, 7) is 12.9. The van der Waals surface area contributed by atoms with Gasteiger partial charge in [0.2, 0.25) is 0 Å². The van der Waals surface area contributed by atoms with Crippen molar-refractivity contribution in [1.29, 1.82) is 0 Å². The molecule has 5 aliphatic rings. The summed E-state index contributed by atoms with van der Waals surface area (Å²) in [4.78, 5) is 17.0. The van der Waals surface area contributed by atoms with Crippen LogP contribution in [0, 0.1) is 11.8 Å². The first-order valence-corrected chi connectivity index (χ1v) is 12.9. The van der Waals surface area contributed by atoms with Crippen LogP contribution >= 0.6 is 0 Å². The summed E-state index contributed by atoms with van der Waals surface area (Å²) in [5, 5.41) is 9.86. The number of nitrogens with zero attached hydrogens (tertiary/aromatic N) is 2. The molecule has 5 fully saturated rings. The van der Waals surface area contributed by atoms with E-state index in [0.29, 0.717) is 5.92 Å². The number of aliphatic hydroxyl groups is 1. The molecule has 1 N–H and O–H groups in total.